The standard InChI is InChI=1S/C26H34F2N2O3S/c1-26(2,3)33-25(31)16-30(14-19-11-20(27)7-10-24(19)28)15-21-12-23(13-29-21)34-17-18-5-8-22(32-4)9-6-18/h5-11,21,23,29H,12-17H2,1-4H3. The summed E-state index contributed by atoms with van der Waals surface area (Å²) < 4.78 is 38.7. The first-order chi connectivity index (χ1) is 16.1. The maximum atomic E-state index is 14.3. The van der Waals surface area contributed by atoms with E-state index in [-0.39, 0.29) is 30.7 Å². The molecule has 2 atom stereocenters. The second-order valence-electron chi connectivity index (χ2n) is 9.61. The van der Waals surface area contributed by atoms with Crippen molar-refractivity contribution in [2.24, 2.45) is 0 Å². The van der Waals surface area contributed by atoms with Crippen LogP contribution in [0, 0.1) is 11.6 Å². The summed E-state index contributed by atoms with van der Waals surface area (Å²) in [6, 6.07) is 11.6. The van der Waals surface area contributed by atoms with E-state index in [0.717, 1.165) is 36.6 Å². The highest BCUT2D eigenvalue weighted by Crippen LogP contribution is 2.26. The molecular formula is C26H34F2N2O3S. The second kappa shape index (κ2) is 12.0. The third-order valence-electron chi connectivity index (χ3n) is 5.48. The number of ether oxygens (including phenoxy) is 2. The molecule has 0 saturated carbocycles. The van der Waals surface area contributed by atoms with Gasteiger partial charge in [0.15, 0.2) is 0 Å². The molecular weight excluding hydrogens is 458 g/mol. The van der Waals surface area contributed by atoms with E-state index < -0.39 is 17.2 Å². The Balaban J connectivity index is 1.58. The van der Waals surface area contributed by atoms with E-state index in [4.69, 9.17) is 9.47 Å². The molecule has 1 heterocycles. The molecule has 8 heteroatoms. The molecule has 0 amide bonds. The molecule has 2 unspecified atom stereocenters. The third-order valence-corrected chi connectivity index (χ3v) is 6.81. The minimum Gasteiger partial charge on any atom is -0.497 e. The zero-order chi connectivity index (χ0) is 24.7. The SMILES string of the molecule is COc1ccc(CSC2CNC(CN(CC(=O)OC(C)(C)C)Cc3cc(F)ccc3F)C2)cc1. The summed E-state index contributed by atoms with van der Waals surface area (Å²) in [5.41, 5.74) is 0.858. The molecule has 2 aromatic carbocycles. The molecule has 1 aliphatic heterocycles. The van der Waals surface area contributed by atoms with Crippen LogP contribution < -0.4 is 10.1 Å². The minimum atomic E-state index is -0.609. The van der Waals surface area contributed by atoms with Gasteiger partial charge in [-0.1, -0.05) is 12.1 Å². The number of hydrogen-bond donors (Lipinski definition) is 1. The Morgan fingerprint density at radius 2 is 1.91 bits per heavy atom. The molecule has 1 aliphatic rings. The fraction of sp³-hybridized carbons (Fsp3) is 0.500. The van der Waals surface area contributed by atoms with Crippen LogP contribution in [-0.4, -0.2) is 54.5 Å². The zero-order valence-corrected chi connectivity index (χ0v) is 21.1. The van der Waals surface area contributed by atoms with Crippen molar-refractivity contribution in [3.05, 3.63) is 65.2 Å². The van der Waals surface area contributed by atoms with Crippen LogP contribution in [-0.2, 0) is 21.8 Å². The van der Waals surface area contributed by atoms with E-state index in [9.17, 15) is 13.6 Å². The monoisotopic (exact) mass is 492 g/mol. The van der Waals surface area contributed by atoms with Gasteiger partial charge in [-0.25, -0.2) is 8.78 Å². The highest BCUT2D eigenvalue weighted by molar-refractivity contribution is 7.99. The number of hydrogen-bond acceptors (Lipinski definition) is 6. The highest BCUT2D eigenvalue weighted by atomic mass is 32.2. The number of methoxy groups -OCH3 is 1. The summed E-state index contributed by atoms with van der Waals surface area (Å²) in [6.07, 6.45) is 0.928. The van der Waals surface area contributed by atoms with Gasteiger partial charge in [-0.05, 0) is 63.1 Å². The van der Waals surface area contributed by atoms with E-state index >= 15 is 0 Å². The lowest BCUT2D eigenvalue weighted by Gasteiger charge is -2.27. The maximum absolute atomic E-state index is 14.3. The Bertz CT molecular complexity index is 950. The first kappa shape index (κ1) is 26.4. The fourth-order valence-corrected chi connectivity index (χ4v) is 5.15. The van der Waals surface area contributed by atoms with Gasteiger partial charge in [-0.15, -0.1) is 0 Å². The number of carbonyl (C=O) groups excluding carboxylic acids is 1. The average molecular weight is 493 g/mol. The molecule has 0 aliphatic carbocycles. The molecule has 2 aromatic rings. The van der Waals surface area contributed by atoms with E-state index in [1.54, 1.807) is 7.11 Å². The first-order valence-corrected chi connectivity index (χ1v) is 12.5. The molecule has 5 nitrogen and oxygen atoms in total. The van der Waals surface area contributed by atoms with Gasteiger partial charge in [0, 0.05) is 42.2 Å². The molecule has 1 N–H and O–H groups in total. The second-order valence-corrected chi connectivity index (χ2v) is 10.9. The maximum Gasteiger partial charge on any atom is 0.320 e. The van der Waals surface area contributed by atoms with Crippen LogP contribution in [0.3, 0.4) is 0 Å². The smallest absolute Gasteiger partial charge is 0.320 e. The van der Waals surface area contributed by atoms with E-state index in [0.29, 0.717) is 11.8 Å². The molecule has 0 radical (unpaired) electrons. The van der Waals surface area contributed by atoms with Gasteiger partial charge < -0.3 is 14.8 Å². The van der Waals surface area contributed by atoms with Crippen molar-refractivity contribution < 1.29 is 23.0 Å². The molecule has 0 bridgehead atoms. The van der Waals surface area contributed by atoms with E-state index in [2.05, 4.69) is 17.4 Å². The Hall–Kier alpha value is -2.16. The van der Waals surface area contributed by atoms with Crippen molar-refractivity contribution in [3.63, 3.8) is 0 Å². The summed E-state index contributed by atoms with van der Waals surface area (Å²) in [7, 11) is 1.66. The van der Waals surface area contributed by atoms with Gasteiger partial charge in [-0.2, -0.15) is 11.8 Å². The first-order valence-electron chi connectivity index (χ1n) is 11.5. The van der Waals surface area contributed by atoms with Crippen molar-refractivity contribution >= 4 is 17.7 Å². The Kier molecular flexibility index (Phi) is 9.33. The number of nitrogens with zero attached hydrogens (tertiary/aromatic N) is 1. The Labute approximate surface area is 205 Å². The topological polar surface area (TPSA) is 50.8 Å². The molecule has 186 valence electrons. The van der Waals surface area contributed by atoms with Crippen LogP contribution in [0.2, 0.25) is 0 Å². The molecule has 1 saturated heterocycles. The lowest BCUT2D eigenvalue weighted by Crippen LogP contribution is -2.41. The van der Waals surface area contributed by atoms with Gasteiger partial charge in [0.1, 0.15) is 23.0 Å². The van der Waals surface area contributed by atoms with Crippen molar-refractivity contribution in [1.29, 1.82) is 0 Å². The lowest BCUT2D eigenvalue weighted by atomic mass is 10.1. The van der Waals surface area contributed by atoms with Gasteiger partial charge >= 0.3 is 5.97 Å². The fourth-order valence-electron chi connectivity index (χ4n) is 3.94. The molecule has 1 fully saturated rings. The Morgan fingerprint density at radius 1 is 1.18 bits per heavy atom. The van der Waals surface area contributed by atoms with Gasteiger partial charge in [0.25, 0.3) is 0 Å². The number of thioether (sulfide) groups is 1. The number of esters is 1. The largest absolute Gasteiger partial charge is 0.497 e. The van der Waals surface area contributed by atoms with Crippen molar-refractivity contribution in [3.8, 4) is 5.75 Å². The van der Waals surface area contributed by atoms with E-state index in [1.807, 2.05) is 49.6 Å². The van der Waals surface area contributed by atoms with Gasteiger partial charge in [-0.3, -0.25) is 9.69 Å². The zero-order valence-electron chi connectivity index (χ0n) is 20.3. The van der Waals surface area contributed by atoms with Crippen LogP contribution >= 0.6 is 11.8 Å². The molecule has 0 spiro atoms. The van der Waals surface area contributed by atoms with Crippen LogP contribution in [0.5, 0.6) is 5.75 Å². The van der Waals surface area contributed by atoms with Crippen LogP contribution in [0.25, 0.3) is 0 Å². The highest BCUT2D eigenvalue weighted by Gasteiger charge is 2.28. The molecule has 3 rings (SSSR count). The number of rotatable bonds is 10. The van der Waals surface area contributed by atoms with Crippen molar-refractivity contribution in [2.75, 3.05) is 26.7 Å². The number of nitrogens with one attached hydrogen (secondary N) is 1. The number of benzene rings is 2. The summed E-state index contributed by atoms with van der Waals surface area (Å²) in [6.45, 7) is 6.97. The number of carbonyl (C=O) groups is 1. The predicted molar refractivity (Wildman–Crippen MR) is 132 cm³/mol. The van der Waals surface area contributed by atoms with Crippen molar-refractivity contribution in [1.82, 2.24) is 10.2 Å². The normalized spacial score (nSPS) is 18.3. The van der Waals surface area contributed by atoms with Crippen LogP contribution in [0.1, 0.15) is 38.3 Å². The number of halogens is 2. The van der Waals surface area contributed by atoms with Crippen molar-refractivity contribution in [2.45, 2.75) is 56.4 Å². The summed E-state index contributed by atoms with van der Waals surface area (Å²) >= 11 is 1.89. The van der Waals surface area contributed by atoms with Crippen LogP contribution in [0.4, 0.5) is 8.78 Å². The predicted octanol–water partition coefficient (Wildman–Crippen LogP) is 4.78. The quantitative estimate of drug-likeness (QED) is 0.482. The Morgan fingerprint density at radius 3 is 2.59 bits per heavy atom. The lowest BCUT2D eigenvalue weighted by molar-refractivity contribution is -0.156. The molecule has 34 heavy (non-hydrogen) atoms. The minimum absolute atomic E-state index is 0.00899. The van der Waals surface area contributed by atoms with Crippen LogP contribution in [0.15, 0.2) is 42.5 Å². The average Bonchev–Trinajstić information content (AvgIpc) is 3.21. The summed E-state index contributed by atoms with van der Waals surface area (Å²) in [4.78, 5) is 14.3. The van der Waals surface area contributed by atoms with E-state index in [1.165, 1.54) is 11.6 Å². The third kappa shape index (κ3) is 8.56. The van der Waals surface area contributed by atoms with Gasteiger partial charge in [0.05, 0.1) is 13.7 Å². The summed E-state index contributed by atoms with van der Waals surface area (Å²) in [5, 5.41) is 3.95. The van der Waals surface area contributed by atoms with Gasteiger partial charge in [0.2, 0.25) is 0 Å². The molecule has 0 aromatic heterocycles. The summed E-state index contributed by atoms with van der Waals surface area (Å²) in [5.74, 6) is 0.383.